The number of aliphatic hydroxyl groups is 1. The van der Waals surface area contributed by atoms with Crippen molar-refractivity contribution in [2.45, 2.75) is 43.6 Å². The van der Waals surface area contributed by atoms with Crippen LogP contribution in [-0.4, -0.2) is 15.9 Å². The number of pyridine rings is 1. The third-order valence-corrected chi connectivity index (χ3v) is 11.5. The fourth-order valence-corrected chi connectivity index (χ4v) is 8.80. The van der Waals surface area contributed by atoms with Crippen molar-refractivity contribution in [2.75, 3.05) is 4.90 Å². The molecule has 5 aromatic rings. The second kappa shape index (κ2) is 10.9. The van der Waals surface area contributed by atoms with Gasteiger partial charge in [0.15, 0.2) is 5.78 Å². The van der Waals surface area contributed by atoms with Gasteiger partial charge in [-0.15, -0.1) is 0 Å². The molecule has 0 amide bonds. The van der Waals surface area contributed by atoms with Crippen molar-refractivity contribution in [2.24, 2.45) is 0 Å². The standard InChI is InChI=1S/C37H26Cl4N2O2/c38-31-28-29(32(39)34(41)33(31)40)36(45)23(35(28)44)14-16-27-37(17-4-1-5-18-37)30-21-9-3-2-8-20(21)13-15-26(30)43(27)25-12-6-11-24-22(25)10-7-19-42-24/h2-3,6-16,19,35,44H,1,4-5,17-18H2/b23-14-,27-16-. The number of ketones is 1. The van der Waals surface area contributed by atoms with Gasteiger partial charge in [0.2, 0.25) is 0 Å². The zero-order chi connectivity index (χ0) is 31.0. The number of hydrogen-bond acceptors (Lipinski definition) is 4. The molecule has 3 aliphatic rings. The van der Waals surface area contributed by atoms with E-state index in [1.165, 1.54) is 22.8 Å². The van der Waals surface area contributed by atoms with Crippen LogP contribution in [0.5, 0.6) is 0 Å². The molecule has 1 fully saturated rings. The Labute approximate surface area is 280 Å². The summed E-state index contributed by atoms with van der Waals surface area (Å²) in [6.45, 7) is 0. The Balaban J connectivity index is 1.41. The summed E-state index contributed by atoms with van der Waals surface area (Å²) in [5.41, 5.74) is 5.53. The third-order valence-electron chi connectivity index (χ3n) is 9.71. The van der Waals surface area contributed by atoms with Crippen molar-refractivity contribution in [3.63, 3.8) is 0 Å². The van der Waals surface area contributed by atoms with Crippen LogP contribution in [0.25, 0.3) is 21.7 Å². The Morgan fingerprint density at radius 2 is 1.53 bits per heavy atom. The minimum atomic E-state index is -1.30. The normalized spacial score (nSPS) is 20.6. The van der Waals surface area contributed by atoms with Crippen LogP contribution in [0.15, 0.2) is 96.3 Å². The van der Waals surface area contributed by atoms with E-state index in [0.717, 1.165) is 53.7 Å². The van der Waals surface area contributed by atoms with Gasteiger partial charge in [0.25, 0.3) is 0 Å². The van der Waals surface area contributed by atoms with Crippen molar-refractivity contribution < 1.29 is 9.90 Å². The number of hydrogen-bond donors (Lipinski definition) is 1. The molecular weight excluding hydrogens is 646 g/mol. The summed E-state index contributed by atoms with van der Waals surface area (Å²) in [5.74, 6) is -0.417. The van der Waals surface area contributed by atoms with Crippen LogP contribution in [0.3, 0.4) is 0 Å². The van der Waals surface area contributed by atoms with Gasteiger partial charge in [-0.2, -0.15) is 0 Å². The van der Waals surface area contributed by atoms with Gasteiger partial charge in [-0.1, -0.05) is 108 Å². The number of Topliss-reactive ketones (excluding diaryl/α,β-unsaturated/α-hetero) is 1. The molecule has 45 heavy (non-hydrogen) atoms. The molecule has 1 unspecified atom stereocenters. The van der Waals surface area contributed by atoms with E-state index in [0.29, 0.717) is 0 Å². The minimum absolute atomic E-state index is 0.00254. The fraction of sp³-hybridized carbons (Fsp3) is 0.189. The average molecular weight is 672 g/mol. The maximum Gasteiger partial charge on any atom is 0.193 e. The number of halogens is 4. The lowest BCUT2D eigenvalue weighted by Gasteiger charge is -2.37. The molecule has 1 aliphatic heterocycles. The number of fused-ring (bicyclic) bond motifs is 6. The highest BCUT2D eigenvalue weighted by atomic mass is 35.5. The first-order valence-corrected chi connectivity index (χ1v) is 16.5. The molecule has 1 saturated carbocycles. The Morgan fingerprint density at radius 1 is 0.778 bits per heavy atom. The summed E-state index contributed by atoms with van der Waals surface area (Å²) < 4.78 is 0. The number of aliphatic hydroxyl groups excluding tert-OH is 1. The summed E-state index contributed by atoms with van der Waals surface area (Å²) in [6, 6.07) is 23.2. The highest BCUT2D eigenvalue weighted by molar-refractivity contribution is 6.53. The van der Waals surface area contributed by atoms with Gasteiger partial charge in [-0.3, -0.25) is 9.78 Å². The second-order valence-electron chi connectivity index (χ2n) is 12.0. The Morgan fingerprint density at radius 3 is 2.36 bits per heavy atom. The quantitative estimate of drug-likeness (QED) is 0.115. The van der Waals surface area contributed by atoms with Crippen molar-refractivity contribution in [3.8, 4) is 0 Å². The summed E-state index contributed by atoms with van der Waals surface area (Å²) in [6.07, 6.45) is 9.50. The van der Waals surface area contributed by atoms with Crippen molar-refractivity contribution in [1.29, 1.82) is 0 Å². The topological polar surface area (TPSA) is 53.4 Å². The van der Waals surface area contributed by atoms with E-state index >= 15 is 0 Å². The average Bonchev–Trinajstić information content (AvgIpc) is 3.48. The molecular formula is C37H26Cl4N2O2. The van der Waals surface area contributed by atoms with Gasteiger partial charge < -0.3 is 10.0 Å². The van der Waals surface area contributed by atoms with Crippen LogP contribution in [-0.2, 0) is 5.41 Å². The van der Waals surface area contributed by atoms with Crippen LogP contribution in [0.1, 0.15) is 59.7 Å². The lowest BCUT2D eigenvalue weighted by molar-refractivity contribution is 0.101. The molecule has 1 spiro atoms. The van der Waals surface area contributed by atoms with Crippen molar-refractivity contribution >= 4 is 85.2 Å². The van der Waals surface area contributed by atoms with Crippen LogP contribution < -0.4 is 4.90 Å². The van der Waals surface area contributed by atoms with Gasteiger partial charge in [0.05, 0.1) is 42.5 Å². The SMILES string of the molecule is O=C1/C(=C\C=C2/N(c3cccc4ncccc34)c3ccc4ccccc4c3C23CCCCC3)C(O)c2c(Cl)c(Cl)c(Cl)c(Cl)c21. The van der Waals surface area contributed by atoms with E-state index in [4.69, 9.17) is 46.4 Å². The number of allylic oxidation sites excluding steroid dienone is 3. The largest absolute Gasteiger partial charge is 0.383 e. The minimum Gasteiger partial charge on any atom is -0.383 e. The molecule has 4 nitrogen and oxygen atoms in total. The number of anilines is 2. The summed E-state index contributed by atoms with van der Waals surface area (Å²) in [4.78, 5) is 20.8. The van der Waals surface area contributed by atoms with Gasteiger partial charge in [0.1, 0.15) is 6.10 Å². The van der Waals surface area contributed by atoms with Crippen LogP contribution in [0, 0.1) is 0 Å². The van der Waals surface area contributed by atoms with Crippen LogP contribution in [0.4, 0.5) is 11.4 Å². The maximum atomic E-state index is 13.8. The van der Waals surface area contributed by atoms with Gasteiger partial charge in [0, 0.05) is 33.8 Å². The molecule has 1 aromatic heterocycles. The van der Waals surface area contributed by atoms with Crippen LogP contribution in [0.2, 0.25) is 20.1 Å². The molecule has 0 radical (unpaired) electrons. The summed E-state index contributed by atoms with van der Waals surface area (Å²) in [7, 11) is 0. The number of carbonyl (C=O) groups is 1. The molecule has 1 atom stereocenters. The molecule has 224 valence electrons. The smallest absolute Gasteiger partial charge is 0.193 e. The highest BCUT2D eigenvalue weighted by Crippen LogP contribution is 2.60. The van der Waals surface area contributed by atoms with Gasteiger partial charge in [-0.25, -0.2) is 0 Å². The molecule has 1 N–H and O–H groups in total. The lowest BCUT2D eigenvalue weighted by atomic mass is 9.67. The van der Waals surface area contributed by atoms with Crippen molar-refractivity contribution in [1.82, 2.24) is 4.98 Å². The third kappa shape index (κ3) is 4.16. The number of aromatic nitrogens is 1. The van der Waals surface area contributed by atoms with Crippen LogP contribution >= 0.6 is 46.4 Å². The predicted molar refractivity (Wildman–Crippen MR) is 185 cm³/mol. The lowest BCUT2D eigenvalue weighted by Crippen LogP contribution is -2.32. The number of rotatable bonds is 2. The van der Waals surface area contributed by atoms with E-state index < -0.39 is 11.9 Å². The van der Waals surface area contributed by atoms with E-state index in [1.54, 1.807) is 12.3 Å². The Hall–Kier alpha value is -3.38. The molecule has 8 heteroatoms. The first-order chi connectivity index (χ1) is 21.8. The molecule has 0 saturated heterocycles. The van der Waals surface area contributed by atoms with Gasteiger partial charge >= 0.3 is 0 Å². The van der Waals surface area contributed by atoms with Crippen molar-refractivity contribution in [3.05, 3.63) is 133 Å². The molecule has 8 rings (SSSR count). The van der Waals surface area contributed by atoms with Gasteiger partial charge in [-0.05, 0) is 65.6 Å². The first kappa shape index (κ1) is 29.1. The first-order valence-electron chi connectivity index (χ1n) is 15.0. The summed E-state index contributed by atoms with van der Waals surface area (Å²) in [5, 5.41) is 14.9. The number of benzene rings is 4. The monoisotopic (exact) mass is 670 g/mol. The number of carbonyl (C=O) groups excluding carboxylic acids is 1. The molecule has 4 aromatic carbocycles. The maximum absolute atomic E-state index is 13.8. The second-order valence-corrected chi connectivity index (χ2v) is 13.5. The number of nitrogens with zero attached hydrogens (tertiary/aromatic N) is 2. The highest BCUT2D eigenvalue weighted by Gasteiger charge is 2.49. The van der Waals surface area contributed by atoms with E-state index in [1.807, 2.05) is 24.3 Å². The van der Waals surface area contributed by atoms with E-state index in [-0.39, 0.29) is 42.2 Å². The van der Waals surface area contributed by atoms with E-state index in [2.05, 4.69) is 58.4 Å². The fourth-order valence-electron chi connectivity index (χ4n) is 7.75. The molecule has 0 bridgehead atoms. The predicted octanol–water partition coefficient (Wildman–Crippen LogP) is 11.1. The zero-order valence-corrected chi connectivity index (χ0v) is 27.0. The molecule has 2 heterocycles. The Kier molecular flexibility index (Phi) is 7.01. The summed E-state index contributed by atoms with van der Waals surface area (Å²) >= 11 is 25.7. The van der Waals surface area contributed by atoms with E-state index in [9.17, 15) is 9.90 Å². The molecule has 2 aliphatic carbocycles. The Bertz CT molecular complexity index is 2140. The zero-order valence-electron chi connectivity index (χ0n) is 24.0.